The van der Waals surface area contributed by atoms with Crippen molar-refractivity contribution in [2.75, 3.05) is 5.75 Å². The Morgan fingerprint density at radius 3 is 2.93 bits per heavy atom. The van der Waals surface area contributed by atoms with E-state index in [1.165, 1.54) is 23.9 Å². The minimum atomic E-state index is -0.279. The van der Waals surface area contributed by atoms with Crippen molar-refractivity contribution in [2.24, 2.45) is 0 Å². The standard InChI is InChI=1S/C12H17FOS/c1-2-3-6-11(14)9-15-12-7-4-5-10(13)8-12/h4-5,7-8,11,14H,2-3,6,9H2,1H3. The second kappa shape index (κ2) is 6.85. The van der Waals surface area contributed by atoms with Gasteiger partial charge in [-0.1, -0.05) is 25.8 Å². The molecule has 1 nitrogen and oxygen atoms in total. The van der Waals surface area contributed by atoms with Crippen LogP contribution in [0.3, 0.4) is 0 Å². The van der Waals surface area contributed by atoms with Crippen molar-refractivity contribution in [2.45, 2.75) is 37.2 Å². The van der Waals surface area contributed by atoms with Crippen molar-refractivity contribution < 1.29 is 9.50 Å². The number of thioether (sulfide) groups is 1. The molecule has 1 aromatic rings. The van der Waals surface area contributed by atoms with Gasteiger partial charge >= 0.3 is 0 Å². The highest BCUT2D eigenvalue weighted by Crippen LogP contribution is 2.20. The van der Waals surface area contributed by atoms with Crippen LogP contribution >= 0.6 is 11.8 Å². The fourth-order valence-electron chi connectivity index (χ4n) is 1.27. The average molecular weight is 228 g/mol. The van der Waals surface area contributed by atoms with Crippen LogP contribution in [0, 0.1) is 5.82 Å². The third kappa shape index (κ3) is 5.19. The molecule has 3 heteroatoms. The molecule has 0 fully saturated rings. The molecule has 1 N–H and O–H groups in total. The van der Waals surface area contributed by atoms with E-state index in [1.54, 1.807) is 6.07 Å². The van der Waals surface area contributed by atoms with Crippen LogP contribution < -0.4 is 0 Å². The second-order valence-electron chi connectivity index (χ2n) is 3.56. The van der Waals surface area contributed by atoms with Gasteiger partial charge in [-0.3, -0.25) is 0 Å². The molecule has 1 aromatic carbocycles. The van der Waals surface area contributed by atoms with Gasteiger partial charge in [0, 0.05) is 10.6 Å². The van der Waals surface area contributed by atoms with E-state index >= 15 is 0 Å². The third-order valence-electron chi connectivity index (χ3n) is 2.13. The van der Waals surface area contributed by atoms with Gasteiger partial charge in [0.05, 0.1) is 6.10 Å². The number of aliphatic hydroxyl groups excluding tert-OH is 1. The average Bonchev–Trinajstić information content (AvgIpc) is 2.23. The lowest BCUT2D eigenvalue weighted by atomic mass is 10.2. The molecular formula is C12H17FOS. The van der Waals surface area contributed by atoms with E-state index < -0.39 is 0 Å². The first-order valence-electron chi connectivity index (χ1n) is 5.28. The second-order valence-corrected chi connectivity index (χ2v) is 4.66. The summed E-state index contributed by atoms with van der Waals surface area (Å²) in [7, 11) is 0. The van der Waals surface area contributed by atoms with Gasteiger partial charge in [0.1, 0.15) is 5.82 Å². The van der Waals surface area contributed by atoms with Crippen LogP contribution in [0.15, 0.2) is 29.2 Å². The van der Waals surface area contributed by atoms with Gasteiger partial charge in [0.25, 0.3) is 0 Å². The van der Waals surface area contributed by atoms with Crippen molar-refractivity contribution in [1.29, 1.82) is 0 Å². The summed E-state index contributed by atoms with van der Waals surface area (Å²) in [4.78, 5) is 0.880. The molecule has 0 aliphatic rings. The Balaban J connectivity index is 2.30. The molecule has 84 valence electrons. The molecule has 1 rings (SSSR count). The predicted octanol–water partition coefficient (Wildman–Crippen LogP) is 3.47. The predicted molar refractivity (Wildman–Crippen MR) is 62.7 cm³/mol. The van der Waals surface area contributed by atoms with Gasteiger partial charge in [-0.25, -0.2) is 4.39 Å². The number of unbranched alkanes of at least 4 members (excludes halogenated alkanes) is 1. The Kier molecular flexibility index (Phi) is 5.73. The van der Waals surface area contributed by atoms with Gasteiger partial charge in [-0.05, 0) is 24.6 Å². The highest BCUT2D eigenvalue weighted by Gasteiger charge is 2.04. The Hall–Kier alpha value is -0.540. The monoisotopic (exact) mass is 228 g/mol. The Morgan fingerprint density at radius 2 is 2.27 bits per heavy atom. The van der Waals surface area contributed by atoms with Crippen LogP contribution in [-0.4, -0.2) is 17.0 Å². The summed E-state index contributed by atoms with van der Waals surface area (Å²) in [5.41, 5.74) is 0. The van der Waals surface area contributed by atoms with Crippen LogP contribution in [0.5, 0.6) is 0 Å². The van der Waals surface area contributed by atoms with E-state index in [4.69, 9.17) is 0 Å². The molecule has 1 unspecified atom stereocenters. The first kappa shape index (κ1) is 12.5. The largest absolute Gasteiger partial charge is 0.392 e. The zero-order chi connectivity index (χ0) is 11.1. The van der Waals surface area contributed by atoms with Crippen molar-refractivity contribution in [1.82, 2.24) is 0 Å². The number of aliphatic hydroxyl groups is 1. The Morgan fingerprint density at radius 1 is 1.47 bits per heavy atom. The molecule has 0 amide bonds. The highest BCUT2D eigenvalue weighted by atomic mass is 32.2. The Labute approximate surface area is 94.7 Å². The molecule has 0 aliphatic carbocycles. The molecule has 1 atom stereocenters. The van der Waals surface area contributed by atoms with Gasteiger partial charge < -0.3 is 5.11 Å². The van der Waals surface area contributed by atoms with Gasteiger partial charge in [0.15, 0.2) is 0 Å². The fourth-order valence-corrected chi connectivity index (χ4v) is 2.19. The molecule has 0 aromatic heterocycles. The molecule has 0 aliphatic heterocycles. The van der Waals surface area contributed by atoms with Gasteiger partial charge in [-0.2, -0.15) is 0 Å². The number of benzene rings is 1. The highest BCUT2D eigenvalue weighted by molar-refractivity contribution is 7.99. The zero-order valence-corrected chi connectivity index (χ0v) is 9.77. The summed E-state index contributed by atoms with van der Waals surface area (Å²) in [5, 5.41) is 9.60. The molecule has 15 heavy (non-hydrogen) atoms. The lowest BCUT2D eigenvalue weighted by Crippen LogP contribution is -2.09. The van der Waals surface area contributed by atoms with Crippen molar-refractivity contribution >= 4 is 11.8 Å². The summed E-state index contributed by atoms with van der Waals surface area (Å²) in [6, 6.07) is 6.48. The first-order chi connectivity index (χ1) is 7.22. The van der Waals surface area contributed by atoms with E-state index in [2.05, 4.69) is 6.92 Å². The Bertz CT molecular complexity index is 291. The quantitative estimate of drug-likeness (QED) is 0.752. The number of halogens is 1. The maximum atomic E-state index is 12.8. The lowest BCUT2D eigenvalue weighted by molar-refractivity contribution is 0.186. The van der Waals surface area contributed by atoms with Crippen LogP contribution in [0.1, 0.15) is 26.2 Å². The van der Waals surface area contributed by atoms with E-state index in [1.807, 2.05) is 6.07 Å². The minimum Gasteiger partial charge on any atom is -0.392 e. The molecule has 0 saturated heterocycles. The normalized spacial score (nSPS) is 12.7. The molecule has 0 spiro atoms. The summed E-state index contributed by atoms with van der Waals surface area (Å²) >= 11 is 1.50. The smallest absolute Gasteiger partial charge is 0.124 e. The summed E-state index contributed by atoms with van der Waals surface area (Å²) < 4.78 is 12.8. The summed E-state index contributed by atoms with van der Waals surface area (Å²) in [6.45, 7) is 2.10. The molecule has 0 saturated carbocycles. The SMILES string of the molecule is CCCCC(O)CSc1cccc(F)c1. The molecule has 0 bridgehead atoms. The molecular weight excluding hydrogens is 211 g/mol. The van der Waals surface area contributed by atoms with Crippen molar-refractivity contribution in [3.63, 3.8) is 0 Å². The summed E-state index contributed by atoms with van der Waals surface area (Å²) in [6.07, 6.45) is 2.70. The van der Waals surface area contributed by atoms with Crippen molar-refractivity contribution in [3.05, 3.63) is 30.1 Å². The van der Waals surface area contributed by atoms with Gasteiger partial charge in [0.2, 0.25) is 0 Å². The molecule has 0 radical (unpaired) electrons. The van der Waals surface area contributed by atoms with E-state index in [9.17, 15) is 9.50 Å². The maximum absolute atomic E-state index is 12.8. The number of rotatable bonds is 6. The zero-order valence-electron chi connectivity index (χ0n) is 8.95. The van der Waals surface area contributed by atoms with Crippen LogP contribution in [-0.2, 0) is 0 Å². The molecule has 0 heterocycles. The van der Waals surface area contributed by atoms with E-state index in [-0.39, 0.29) is 11.9 Å². The van der Waals surface area contributed by atoms with E-state index in [0.29, 0.717) is 5.75 Å². The van der Waals surface area contributed by atoms with Gasteiger partial charge in [-0.15, -0.1) is 11.8 Å². The van der Waals surface area contributed by atoms with Crippen LogP contribution in [0.25, 0.3) is 0 Å². The number of hydrogen-bond acceptors (Lipinski definition) is 2. The summed E-state index contributed by atoms with van der Waals surface area (Å²) in [5.74, 6) is 0.423. The maximum Gasteiger partial charge on any atom is 0.124 e. The van der Waals surface area contributed by atoms with Crippen LogP contribution in [0.2, 0.25) is 0 Å². The third-order valence-corrected chi connectivity index (χ3v) is 3.27. The lowest BCUT2D eigenvalue weighted by Gasteiger charge is -2.09. The fraction of sp³-hybridized carbons (Fsp3) is 0.500. The topological polar surface area (TPSA) is 20.2 Å². The minimum absolute atomic E-state index is 0.219. The van der Waals surface area contributed by atoms with Crippen LogP contribution in [0.4, 0.5) is 4.39 Å². The first-order valence-corrected chi connectivity index (χ1v) is 6.27. The van der Waals surface area contributed by atoms with E-state index in [0.717, 1.165) is 24.2 Å². The van der Waals surface area contributed by atoms with Crippen molar-refractivity contribution in [3.8, 4) is 0 Å². The number of hydrogen-bond donors (Lipinski definition) is 1.